The predicted octanol–water partition coefficient (Wildman–Crippen LogP) is 4.55. The number of ether oxygens (including phenoxy) is 2. The zero-order valence-corrected chi connectivity index (χ0v) is 20.0. The van der Waals surface area contributed by atoms with Gasteiger partial charge in [0.25, 0.3) is 5.91 Å². The van der Waals surface area contributed by atoms with Crippen molar-refractivity contribution in [1.29, 1.82) is 0 Å². The van der Waals surface area contributed by atoms with Crippen LogP contribution in [0.3, 0.4) is 0 Å². The molecule has 2 aliphatic heterocycles. The van der Waals surface area contributed by atoms with Crippen LogP contribution in [0, 0.1) is 0 Å². The summed E-state index contributed by atoms with van der Waals surface area (Å²) in [6.45, 7) is 3.80. The lowest BCUT2D eigenvalue weighted by Gasteiger charge is -2.36. The molecule has 2 aliphatic rings. The lowest BCUT2D eigenvalue weighted by atomic mass is 9.84. The van der Waals surface area contributed by atoms with Crippen LogP contribution in [0.15, 0.2) is 58.6 Å². The summed E-state index contributed by atoms with van der Waals surface area (Å²) in [6, 6.07) is 14.7. The Bertz CT molecular complexity index is 1110. The molecule has 2 atom stereocenters. The molecule has 0 unspecified atom stereocenters. The number of nitrogens with zero attached hydrogens (tertiary/aromatic N) is 5. The van der Waals surface area contributed by atoms with Crippen LogP contribution in [0.4, 0.5) is 5.69 Å². The highest BCUT2D eigenvalue weighted by molar-refractivity contribution is 6.01. The van der Waals surface area contributed by atoms with Crippen molar-refractivity contribution in [2.24, 2.45) is 10.1 Å². The van der Waals surface area contributed by atoms with Crippen molar-refractivity contribution in [1.82, 2.24) is 4.90 Å². The van der Waals surface area contributed by atoms with E-state index >= 15 is 0 Å². The molecule has 2 aromatic rings. The van der Waals surface area contributed by atoms with Crippen LogP contribution in [0.25, 0.3) is 10.4 Å². The average molecular weight is 478 g/mol. The molecule has 1 fully saturated rings. The van der Waals surface area contributed by atoms with E-state index in [4.69, 9.17) is 25.1 Å². The van der Waals surface area contributed by atoms with Crippen molar-refractivity contribution in [3.05, 3.63) is 70.1 Å². The Morgan fingerprint density at radius 3 is 2.69 bits per heavy atom. The standard InChI is InChI=1S/C26H31N5O4/c1-19-26(25(33)31-14-5-2-6-15-31,18-21-8-3-4-9-23(21)29-30-27)28-24(35-19)20-10-12-22(13-11-20)34-17-7-16-32/h3-4,8-13,19,32H,2,5-7,14-18H2,1H3/t19-,26-/m1/s1. The fourth-order valence-corrected chi connectivity index (χ4v) is 4.59. The summed E-state index contributed by atoms with van der Waals surface area (Å²) in [5, 5.41) is 12.8. The number of benzene rings is 2. The molecule has 0 saturated carbocycles. The Hall–Kier alpha value is -3.55. The number of aliphatic hydroxyl groups excluding tert-OH is 1. The highest BCUT2D eigenvalue weighted by Gasteiger charge is 2.52. The molecular formula is C26H31N5O4. The highest BCUT2D eigenvalue weighted by atomic mass is 16.5. The number of hydrogen-bond acceptors (Lipinski definition) is 6. The quantitative estimate of drug-likeness (QED) is 0.246. The van der Waals surface area contributed by atoms with Crippen LogP contribution >= 0.6 is 0 Å². The van der Waals surface area contributed by atoms with Gasteiger partial charge in [-0.3, -0.25) is 4.79 Å². The number of aliphatic hydroxyl groups is 1. The summed E-state index contributed by atoms with van der Waals surface area (Å²) in [7, 11) is 0. The summed E-state index contributed by atoms with van der Waals surface area (Å²) >= 11 is 0. The molecule has 1 N–H and O–H groups in total. The molecule has 0 aliphatic carbocycles. The van der Waals surface area contributed by atoms with Gasteiger partial charge >= 0.3 is 0 Å². The fourth-order valence-electron chi connectivity index (χ4n) is 4.59. The Kier molecular flexibility index (Phi) is 7.90. The molecule has 0 aromatic heterocycles. The van der Waals surface area contributed by atoms with E-state index < -0.39 is 11.6 Å². The van der Waals surface area contributed by atoms with Gasteiger partial charge in [0.2, 0.25) is 5.90 Å². The molecule has 2 heterocycles. The number of carbonyl (C=O) groups excluding carboxylic acids is 1. The molecule has 2 aromatic carbocycles. The van der Waals surface area contributed by atoms with E-state index in [1.54, 1.807) is 12.1 Å². The Labute approximate surface area is 205 Å². The van der Waals surface area contributed by atoms with Gasteiger partial charge in [-0.2, -0.15) is 0 Å². The summed E-state index contributed by atoms with van der Waals surface area (Å²) in [5.74, 6) is 1.04. The fraction of sp³-hybridized carbons (Fsp3) is 0.462. The van der Waals surface area contributed by atoms with E-state index in [1.807, 2.05) is 48.2 Å². The topological polar surface area (TPSA) is 120 Å². The van der Waals surface area contributed by atoms with E-state index in [2.05, 4.69) is 10.0 Å². The Morgan fingerprint density at radius 1 is 1.23 bits per heavy atom. The van der Waals surface area contributed by atoms with Gasteiger partial charge in [-0.05, 0) is 61.5 Å². The predicted molar refractivity (Wildman–Crippen MR) is 133 cm³/mol. The smallest absolute Gasteiger partial charge is 0.254 e. The van der Waals surface area contributed by atoms with E-state index in [0.29, 0.717) is 43.5 Å². The van der Waals surface area contributed by atoms with Crippen LogP contribution in [-0.2, 0) is 16.0 Å². The molecule has 35 heavy (non-hydrogen) atoms. The van der Waals surface area contributed by atoms with E-state index in [-0.39, 0.29) is 18.9 Å². The number of amides is 1. The molecule has 4 rings (SSSR count). The normalized spacial score (nSPS) is 21.6. The molecule has 9 heteroatoms. The Balaban J connectivity index is 1.68. The molecular weight excluding hydrogens is 446 g/mol. The maximum absolute atomic E-state index is 14.0. The maximum Gasteiger partial charge on any atom is 0.254 e. The molecule has 0 radical (unpaired) electrons. The first-order chi connectivity index (χ1) is 17.1. The lowest BCUT2D eigenvalue weighted by molar-refractivity contribution is -0.140. The minimum atomic E-state index is -1.16. The highest BCUT2D eigenvalue weighted by Crippen LogP contribution is 2.37. The molecule has 9 nitrogen and oxygen atoms in total. The first-order valence-corrected chi connectivity index (χ1v) is 12.1. The van der Waals surface area contributed by atoms with Crippen LogP contribution in [-0.4, -0.2) is 59.8 Å². The van der Waals surface area contributed by atoms with Gasteiger partial charge in [-0.1, -0.05) is 29.4 Å². The number of likely N-dealkylation sites (tertiary alicyclic amines) is 1. The summed E-state index contributed by atoms with van der Waals surface area (Å²) < 4.78 is 11.8. The van der Waals surface area contributed by atoms with Gasteiger partial charge in [0.05, 0.1) is 6.61 Å². The Morgan fingerprint density at radius 2 is 1.97 bits per heavy atom. The third kappa shape index (κ3) is 5.42. The third-order valence-corrected chi connectivity index (χ3v) is 6.55. The van der Waals surface area contributed by atoms with Crippen molar-refractivity contribution in [3.63, 3.8) is 0 Å². The minimum Gasteiger partial charge on any atom is -0.494 e. The van der Waals surface area contributed by atoms with Crippen LogP contribution < -0.4 is 4.74 Å². The van der Waals surface area contributed by atoms with Crippen molar-refractivity contribution in [2.45, 2.75) is 50.7 Å². The minimum absolute atomic E-state index is 0.0561. The molecule has 184 valence electrons. The van der Waals surface area contributed by atoms with Crippen molar-refractivity contribution >= 4 is 17.5 Å². The van der Waals surface area contributed by atoms with E-state index in [0.717, 1.165) is 30.4 Å². The maximum atomic E-state index is 14.0. The second-order valence-corrected chi connectivity index (χ2v) is 8.90. The third-order valence-electron chi connectivity index (χ3n) is 6.55. The molecule has 1 amide bonds. The zero-order chi connectivity index (χ0) is 24.7. The number of carbonyl (C=O) groups is 1. The number of aliphatic imine (C=N–C) groups is 1. The molecule has 0 spiro atoms. The van der Waals surface area contributed by atoms with Gasteiger partial charge in [-0.25, -0.2) is 4.99 Å². The zero-order valence-electron chi connectivity index (χ0n) is 20.0. The van der Waals surface area contributed by atoms with Gasteiger partial charge in [0.1, 0.15) is 11.9 Å². The second kappa shape index (κ2) is 11.3. The number of hydrogen-bond donors (Lipinski definition) is 1. The first kappa shape index (κ1) is 24.6. The number of piperidine rings is 1. The van der Waals surface area contributed by atoms with Gasteiger partial charge in [0, 0.05) is 48.7 Å². The van der Waals surface area contributed by atoms with E-state index in [9.17, 15) is 4.79 Å². The van der Waals surface area contributed by atoms with E-state index in [1.165, 1.54) is 0 Å². The first-order valence-electron chi connectivity index (χ1n) is 12.1. The van der Waals surface area contributed by atoms with Crippen molar-refractivity contribution < 1.29 is 19.4 Å². The van der Waals surface area contributed by atoms with Gasteiger partial charge in [-0.15, -0.1) is 0 Å². The van der Waals surface area contributed by atoms with Crippen molar-refractivity contribution in [3.8, 4) is 5.75 Å². The number of rotatable bonds is 9. The van der Waals surface area contributed by atoms with Gasteiger partial charge in [0.15, 0.2) is 5.54 Å². The average Bonchev–Trinajstić information content (AvgIpc) is 3.22. The summed E-state index contributed by atoms with van der Waals surface area (Å²) in [4.78, 5) is 23.8. The molecule has 1 saturated heterocycles. The summed E-state index contributed by atoms with van der Waals surface area (Å²) in [5.41, 5.74) is 9.85. The van der Waals surface area contributed by atoms with Crippen LogP contribution in [0.2, 0.25) is 0 Å². The van der Waals surface area contributed by atoms with Crippen LogP contribution in [0.1, 0.15) is 43.7 Å². The van der Waals surface area contributed by atoms with Gasteiger partial charge < -0.3 is 19.5 Å². The summed E-state index contributed by atoms with van der Waals surface area (Å²) in [6.07, 6.45) is 3.38. The SMILES string of the molecule is C[C@H]1OC(c2ccc(OCCCO)cc2)=N[C@@]1(Cc1ccccc1N=[N+]=[N-])C(=O)N1CCCCC1. The lowest BCUT2D eigenvalue weighted by Crippen LogP contribution is -2.55. The largest absolute Gasteiger partial charge is 0.494 e. The van der Waals surface area contributed by atoms with Crippen molar-refractivity contribution in [2.75, 3.05) is 26.3 Å². The monoisotopic (exact) mass is 477 g/mol. The molecule has 0 bridgehead atoms. The van der Waals surface area contributed by atoms with Crippen LogP contribution in [0.5, 0.6) is 5.75 Å². The number of azide groups is 1. The second-order valence-electron chi connectivity index (χ2n) is 8.90.